The van der Waals surface area contributed by atoms with Crippen molar-refractivity contribution in [3.8, 4) is 0 Å². The first-order valence-electron chi connectivity index (χ1n) is 9.83. The molecule has 1 amide bonds. The van der Waals surface area contributed by atoms with Gasteiger partial charge in [0.25, 0.3) is 11.6 Å². The van der Waals surface area contributed by atoms with Gasteiger partial charge in [0.2, 0.25) is 0 Å². The van der Waals surface area contributed by atoms with Gasteiger partial charge in [-0.25, -0.2) is 4.79 Å². The zero-order chi connectivity index (χ0) is 23.0. The van der Waals surface area contributed by atoms with Gasteiger partial charge in [-0.05, 0) is 23.8 Å². The number of benzene rings is 2. The summed E-state index contributed by atoms with van der Waals surface area (Å²) < 4.78 is 44.1. The lowest BCUT2D eigenvalue weighted by Gasteiger charge is -2.37. The predicted molar refractivity (Wildman–Crippen MR) is 106 cm³/mol. The van der Waals surface area contributed by atoms with E-state index in [9.17, 15) is 32.9 Å². The molecule has 0 aromatic heterocycles. The van der Waals surface area contributed by atoms with Crippen LogP contribution in [0.2, 0.25) is 0 Å². The molecule has 32 heavy (non-hydrogen) atoms. The summed E-state index contributed by atoms with van der Waals surface area (Å²) in [4.78, 5) is 38.6. The number of halogens is 3. The van der Waals surface area contributed by atoms with E-state index in [2.05, 4.69) is 0 Å². The Hall–Kier alpha value is -3.63. The predicted octanol–water partition coefficient (Wildman–Crippen LogP) is 3.04. The fourth-order valence-corrected chi connectivity index (χ4v) is 3.95. The molecule has 11 heteroatoms. The van der Waals surface area contributed by atoms with Crippen LogP contribution in [0.4, 0.5) is 24.5 Å². The Labute approximate surface area is 180 Å². The summed E-state index contributed by atoms with van der Waals surface area (Å²) in [5.41, 5.74) is -0.524. The largest absolute Gasteiger partial charge is 0.448 e. The number of carbonyl (C=O) groups excluding carboxylic acids is 2. The maximum Gasteiger partial charge on any atom is 0.416 e. The standard InChI is InChI=1S/C21H18F3N3O5/c22-21(23,24)14-5-6-16(17(12-14)27(30)31)25-7-9-26(10-8-25)19(28)18-11-13-3-1-2-4-15(13)20(29)32-18/h1-6,12,18H,7-11H2. The number of piperazine rings is 1. The zero-order valence-corrected chi connectivity index (χ0v) is 16.7. The first-order chi connectivity index (χ1) is 15.1. The van der Waals surface area contributed by atoms with Gasteiger partial charge in [0.15, 0.2) is 6.10 Å². The van der Waals surface area contributed by atoms with Gasteiger partial charge in [-0.1, -0.05) is 18.2 Å². The van der Waals surface area contributed by atoms with Crippen LogP contribution in [0.1, 0.15) is 21.5 Å². The van der Waals surface area contributed by atoms with Gasteiger partial charge in [0.1, 0.15) is 5.69 Å². The number of alkyl halides is 3. The maximum atomic E-state index is 12.9. The number of esters is 1. The van der Waals surface area contributed by atoms with Crippen LogP contribution in [-0.4, -0.2) is 54.0 Å². The monoisotopic (exact) mass is 449 g/mol. The van der Waals surface area contributed by atoms with Crippen LogP contribution in [0.5, 0.6) is 0 Å². The average Bonchev–Trinajstić information content (AvgIpc) is 2.77. The minimum absolute atomic E-state index is 0.0631. The van der Waals surface area contributed by atoms with Crippen molar-refractivity contribution in [1.29, 1.82) is 0 Å². The number of hydrogen-bond donors (Lipinski definition) is 0. The summed E-state index contributed by atoms with van der Waals surface area (Å²) in [5, 5.41) is 11.4. The van der Waals surface area contributed by atoms with Gasteiger partial charge < -0.3 is 14.5 Å². The van der Waals surface area contributed by atoms with E-state index < -0.39 is 34.4 Å². The third-order valence-corrected chi connectivity index (χ3v) is 5.60. The van der Waals surface area contributed by atoms with Gasteiger partial charge in [-0.2, -0.15) is 13.2 Å². The molecule has 0 saturated carbocycles. The Morgan fingerprint density at radius 3 is 2.44 bits per heavy atom. The Bertz CT molecular complexity index is 1080. The number of ether oxygens (including phenoxy) is 1. The maximum absolute atomic E-state index is 12.9. The summed E-state index contributed by atoms with van der Waals surface area (Å²) in [5.74, 6) is -0.932. The summed E-state index contributed by atoms with van der Waals surface area (Å²) in [6.07, 6.45) is -5.39. The van der Waals surface area contributed by atoms with Crippen molar-refractivity contribution in [1.82, 2.24) is 4.90 Å². The molecular formula is C21H18F3N3O5. The molecule has 2 heterocycles. The molecule has 0 aliphatic carbocycles. The van der Waals surface area contributed by atoms with Crippen molar-refractivity contribution in [2.24, 2.45) is 0 Å². The van der Waals surface area contributed by atoms with Crippen molar-refractivity contribution >= 4 is 23.3 Å². The second kappa shape index (κ2) is 8.13. The number of amides is 1. The van der Waals surface area contributed by atoms with Crippen molar-refractivity contribution in [2.75, 3.05) is 31.1 Å². The molecule has 1 atom stereocenters. The molecule has 4 rings (SSSR count). The van der Waals surface area contributed by atoms with Crippen LogP contribution in [-0.2, 0) is 22.1 Å². The third kappa shape index (κ3) is 4.10. The number of rotatable bonds is 3. The number of nitro groups is 1. The molecule has 168 valence electrons. The quantitative estimate of drug-likeness (QED) is 0.406. The molecule has 2 aliphatic heterocycles. The number of fused-ring (bicyclic) bond motifs is 1. The zero-order valence-electron chi connectivity index (χ0n) is 16.7. The van der Waals surface area contributed by atoms with Crippen molar-refractivity contribution in [2.45, 2.75) is 18.7 Å². The Morgan fingerprint density at radius 1 is 1.09 bits per heavy atom. The molecule has 0 N–H and O–H groups in total. The van der Waals surface area contributed by atoms with Crippen LogP contribution >= 0.6 is 0 Å². The molecule has 0 spiro atoms. The summed E-state index contributed by atoms with van der Waals surface area (Å²) >= 11 is 0. The topological polar surface area (TPSA) is 93.0 Å². The first kappa shape index (κ1) is 21.6. The van der Waals surface area contributed by atoms with E-state index in [-0.39, 0.29) is 44.2 Å². The normalized spacial score (nSPS) is 18.7. The highest BCUT2D eigenvalue weighted by Crippen LogP contribution is 2.37. The van der Waals surface area contributed by atoms with E-state index in [0.29, 0.717) is 11.6 Å². The molecule has 0 radical (unpaired) electrons. The number of anilines is 1. The van der Waals surface area contributed by atoms with Crippen LogP contribution in [0, 0.1) is 10.1 Å². The van der Waals surface area contributed by atoms with Crippen LogP contribution in [0.25, 0.3) is 0 Å². The van der Waals surface area contributed by atoms with E-state index in [0.717, 1.165) is 17.7 Å². The van der Waals surface area contributed by atoms with E-state index >= 15 is 0 Å². The molecule has 1 unspecified atom stereocenters. The van der Waals surface area contributed by atoms with Gasteiger partial charge in [0.05, 0.1) is 16.1 Å². The van der Waals surface area contributed by atoms with E-state index in [1.165, 1.54) is 4.90 Å². The van der Waals surface area contributed by atoms with Gasteiger partial charge >= 0.3 is 12.1 Å². The van der Waals surface area contributed by atoms with Gasteiger partial charge in [-0.3, -0.25) is 14.9 Å². The number of nitrogens with zero attached hydrogens (tertiary/aromatic N) is 3. The fourth-order valence-electron chi connectivity index (χ4n) is 3.95. The van der Waals surface area contributed by atoms with E-state index in [1.54, 1.807) is 29.2 Å². The number of carbonyl (C=O) groups is 2. The lowest BCUT2D eigenvalue weighted by molar-refractivity contribution is -0.384. The fraction of sp³-hybridized carbons (Fsp3) is 0.333. The average molecular weight is 449 g/mol. The molecule has 2 aromatic rings. The Morgan fingerprint density at radius 2 is 1.78 bits per heavy atom. The molecule has 8 nitrogen and oxygen atoms in total. The molecular weight excluding hydrogens is 431 g/mol. The second-order valence-electron chi connectivity index (χ2n) is 7.53. The van der Waals surface area contributed by atoms with E-state index in [1.807, 2.05) is 0 Å². The molecule has 1 fully saturated rings. The van der Waals surface area contributed by atoms with Crippen LogP contribution in [0.15, 0.2) is 42.5 Å². The molecule has 2 aromatic carbocycles. The first-order valence-corrected chi connectivity index (χ1v) is 9.83. The lowest BCUT2D eigenvalue weighted by Crippen LogP contribution is -2.53. The number of cyclic esters (lactones) is 1. The van der Waals surface area contributed by atoms with Gasteiger partial charge in [0, 0.05) is 38.7 Å². The van der Waals surface area contributed by atoms with Gasteiger partial charge in [-0.15, -0.1) is 0 Å². The Kier molecular flexibility index (Phi) is 5.49. The lowest BCUT2D eigenvalue weighted by atomic mass is 9.98. The second-order valence-corrected chi connectivity index (χ2v) is 7.53. The SMILES string of the molecule is O=C1OC(C(=O)N2CCN(c3ccc(C(F)(F)F)cc3[N+](=O)[O-])CC2)Cc2ccccc21. The highest BCUT2D eigenvalue weighted by atomic mass is 19.4. The van der Waals surface area contributed by atoms with Crippen molar-refractivity contribution in [3.63, 3.8) is 0 Å². The smallest absolute Gasteiger partial charge is 0.416 e. The number of nitro benzene ring substituents is 1. The highest BCUT2D eigenvalue weighted by molar-refractivity contribution is 5.95. The molecule has 0 bridgehead atoms. The summed E-state index contributed by atoms with van der Waals surface area (Å²) in [6.45, 7) is 0.754. The summed E-state index contributed by atoms with van der Waals surface area (Å²) in [7, 11) is 0. The number of hydrogen-bond acceptors (Lipinski definition) is 6. The molecule has 1 saturated heterocycles. The molecule has 2 aliphatic rings. The van der Waals surface area contributed by atoms with Crippen LogP contribution < -0.4 is 4.90 Å². The highest BCUT2D eigenvalue weighted by Gasteiger charge is 2.37. The van der Waals surface area contributed by atoms with Crippen LogP contribution in [0.3, 0.4) is 0 Å². The van der Waals surface area contributed by atoms with E-state index in [4.69, 9.17) is 4.74 Å². The Balaban J connectivity index is 1.45. The minimum Gasteiger partial charge on any atom is -0.448 e. The minimum atomic E-state index is -4.69. The van der Waals surface area contributed by atoms with Crippen molar-refractivity contribution in [3.05, 3.63) is 69.3 Å². The summed E-state index contributed by atoms with van der Waals surface area (Å²) in [6, 6.07) is 9.28. The third-order valence-electron chi connectivity index (χ3n) is 5.60. The van der Waals surface area contributed by atoms with Crippen molar-refractivity contribution < 1.29 is 32.4 Å².